The van der Waals surface area contributed by atoms with Gasteiger partial charge in [-0.05, 0) is 36.4 Å². The molecular weight excluding hydrogens is 463 g/mol. The molecule has 0 bridgehead atoms. The molecule has 1 aliphatic rings. The Labute approximate surface area is 191 Å². The Kier molecular flexibility index (Phi) is 8.32. The molecule has 2 aromatic rings. The van der Waals surface area contributed by atoms with Gasteiger partial charge < -0.3 is 30.6 Å². The number of hydrazone groups is 1. The number of methoxy groups -OCH3 is 1. The minimum atomic E-state index is -1.65. The lowest BCUT2D eigenvalue weighted by molar-refractivity contribution is -0.159. The van der Waals surface area contributed by atoms with Crippen molar-refractivity contribution >= 4 is 23.7 Å². The van der Waals surface area contributed by atoms with Crippen LogP contribution in [0.5, 0.6) is 5.75 Å². The van der Waals surface area contributed by atoms with E-state index in [9.17, 15) is 28.5 Å². The van der Waals surface area contributed by atoms with Crippen molar-refractivity contribution in [2.75, 3.05) is 13.7 Å². The number of ether oxygens (including phenoxy) is 2. The molecule has 1 heterocycles. The molecule has 3 rings (SSSR count). The number of rotatable bonds is 7. The van der Waals surface area contributed by atoms with Gasteiger partial charge in [0.1, 0.15) is 41.3 Å². The molecule has 33 heavy (non-hydrogen) atoms. The van der Waals surface area contributed by atoms with Gasteiger partial charge >= 0.3 is 0 Å². The van der Waals surface area contributed by atoms with Crippen molar-refractivity contribution in [2.24, 2.45) is 15.9 Å². The van der Waals surface area contributed by atoms with Gasteiger partial charge in [-0.1, -0.05) is 11.8 Å². The molecule has 1 aliphatic heterocycles. The predicted octanol–water partition coefficient (Wildman–Crippen LogP) is 1.45. The van der Waals surface area contributed by atoms with Crippen molar-refractivity contribution < 1.29 is 38.0 Å². The first-order chi connectivity index (χ1) is 15.8. The highest BCUT2D eigenvalue weighted by molar-refractivity contribution is 7.99. The van der Waals surface area contributed by atoms with E-state index in [1.54, 1.807) is 24.3 Å². The summed E-state index contributed by atoms with van der Waals surface area (Å²) in [6.45, 7) is -0.550. The van der Waals surface area contributed by atoms with Crippen molar-refractivity contribution in [3.05, 3.63) is 59.4 Å². The van der Waals surface area contributed by atoms with Crippen LogP contribution in [-0.2, 0) is 4.74 Å². The molecule has 0 spiro atoms. The van der Waals surface area contributed by atoms with Gasteiger partial charge in [-0.2, -0.15) is 5.10 Å². The molecule has 0 saturated carbocycles. The summed E-state index contributed by atoms with van der Waals surface area (Å²) in [5.74, 6) is 1.39. The zero-order valence-corrected chi connectivity index (χ0v) is 18.1. The summed E-state index contributed by atoms with van der Waals surface area (Å²) in [4.78, 5) is 4.81. The fraction of sp³-hybridized carbons (Fsp3) is 0.333. The van der Waals surface area contributed by atoms with Crippen LogP contribution in [-0.4, -0.2) is 70.8 Å². The summed E-state index contributed by atoms with van der Waals surface area (Å²) < 4.78 is 51.1. The van der Waals surface area contributed by atoms with Crippen molar-refractivity contribution in [3.8, 4) is 5.75 Å². The van der Waals surface area contributed by atoms with Gasteiger partial charge in [0.25, 0.3) is 0 Å². The van der Waals surface area contributed by atoms with E-state index in [1.165, 1.54) is 7.11 Å². The fourth-order valence-electron chi connectivity index (χ4n) is 3.17. The van der Waals surface area contributed by atoms with E-state index >= 15 is 0 Å². The van der Waals surface area contributed by atoms with Gasteiger partial charge in [-0.15, -0.1) is 0 Å². The summed E-state index contributed by atoms with van der Waals surface area (Å²) in [5, 5.41) is 34.3. The highest BCUT2D eigenvalue weighted by atomic mass is 32.2. The van der Waals surface area contributed by atoms with Crippen LogP contribution in [0.2, 0.25) is 0 Å². The van der Waals surface area contributed by atoms with Crippen molar-refractivity contribution in [1.82, 2.24) is 0 Å². The highest BCUT2D eigenvalue weighted by Crippen LogP contribution is 2.35. The monoisotopic (exact) mass is 485 g/mol. The Morgan fingerprint density at radius 2 is 1.79 bits per heavy atom. The van der Waals surface area contributed by atoms with Crippen LogP contribution in [0.4, 0.5) is 13.2 Å². The molecule has 1 saturated heterocycles. The summed E-state index contributed by atoms with van der Waals surface area (Å²) in [7, 11) is 1.53. The Balaban J connectivity index is 1.83. The highest BCUT2D eigenvalue weighted by Gasteiger charge is 2.44. The quantitative estimate of drug-likeness (QED) is 0.202. The van der Waals surface area contributed by atoms with Crippen LogP contribution in [0, 0.1) is 17.5 Å². The number of aliphatic hydroxyl groups is 3. The van der Waals surface area contributed by atoms with Crippen LogP contribution < -0.4 is 10.6 Å². The lowest BCUT2D eigenvalue weighted by Crippen LogP contribution is -2.56. The van der Waals surface area contributed by atoms with Gasteiger partial charge in [0.2, 0.25) is 0 Å². The number of hydrogen-bond donors (Lipinski definition) is 4. The molecule has 5 atom stereocenters. The zero-order valence-electron chi connectivity index (χ0n) is 17.3. The van der Waals surface area contributed by atoms with Gasteiger partial charge in [0.15, 0.2) is 17.5 Å². The molecule has 2 aromatic carbocycles. The first-order valence-electron chi connectivity index (χ1n) is 9.68. The van der Waals surface area contributed by atoms with E-state index in [4.69, 9.17) is 15.3 Å². The van der Waals surface area contributed by atoms with E-state index < -0.39 is 53.8 Å². The van der Waals surface area contributed by atoms with Crippen LogP contribution in [0.3, 0.4) is 0 Å². The Morgan fingerprint density at radius 1 is 1.15 bits per heavy atom. The van der Waals surface area contributed by atoms with Crippen LogP contribution >= 0.6 is 11.8 Å². The molecule has 0 aromatic heterocycles. The SMILES string of the molecule is COc1ccc(S[C@H]2OC(CO)[C@H](O)C(N=CC(=NN)c3cc(F)c(F)c(F)c3)C2O)cc1. The Morgan fingerprint density at radius 3 is 2.33 bits per heavy atom. The van der Waals surface area contributed by atoms with E-state index in [0.717, 1.165) is 22.9 Å². The normalized spacial score (nSPS) is 26.0. The summed E-state index contributed by atoms with van der Waals surface area (Å²) >= 11 is 1.14. The van der Waals surface area contributed by atoms with Crippen molar-refractivity contribution in [3.63, 3.8) is 0 Å². The standard InChI is InChI=1S/C21H22F3N3O5S/c1-31-11-2-4-12(5-3-11)33-21-20(30)18(19(29)16(9-28)32-21)26-8-15(27-25)10-6-13(22)17(24)14(23)7-10/h2-8,16,18-21,28-30H,9,25H2,1H3/t16?,18?,19-,20?,21+/m0/s1. The molecule has 8 nitrogen and oxygen atoms in total. The zero-order chi connectivity index (χ0) is 24.1. The van der Waals surface area contributed by atoms with Gasteiger partial charge in [-0.25, -0.2) is 13.2 Å². The number of nitrogens with two attached hydrogens (primary N) is 1. The summed E-state index contributed by atoms with van der Waals surface area (Å²) in [6, 6.07) is 7.10. The maximum Gasteiger partial charge on any atom is 0.194 e. The van der Waals surface area contributed by atoms with Gasteiger partial charge in [-0.3, -0.25) is 4.99 Å². The lowest BCUT2D eigenvalue weighted by atomic mass is 9.98. The number of aliphatic imine (C=N–C) groups is 1. The predicted molar refractivity (Wildman–Crippen MR) is 116 cm³/mol. The van der Waals surface area contributed by atoms with Crippen molar-refractivity contribution in [1.29, 1.82) is 0 Å². The van der Waals surface area contributed by atoms with Crippen LogP contribution in [0.1, 0.15) is 5.56 Å². The minimum absolute atomic E-state index is 0.198. The van der Waals surface area contributed by atoms with E-state index in [1.807, 2.05) is 0 Å². The van der Waals surface area contributed by atoms with Gasteiger partial charge in [0.05, 0.1) is 13.7 Å². The minimum Gasteiger partial charge on any atom is -0.497 e. The average molecular weight is 485 g/mol. The number of nitrogens with zero attached hydrogens (tertiary/aromatic N) is 2. The van der Waals surface area contributed by atoms with E-state index in [-0.39, 0.29) is 11.3 Å². The van der Waals surface area contributed by atoms with Crippen LogP contribution in [0.15, 0.2) is 51.4 Å². The number of hydrogen-bond acceptors (Lipinski definition) is 9. The molecule has 178 valence electrons. The topological polar surface area (TPSA) is 130 Å². The third-order valence-electron chi connectivity index (χ3n) is 4.95. The number of thioether (sulfide) groups is 1. The smallest absolute Gasteiger partial charge is 0.194 e. The Hall–Kier alpha value is -2.64. The van der Waals surface area contributed by atoms with E-state index in [0.29, 0.717) is 17.9 Å². The molecule has 0 amide bonds. The summed E-state index contributed by atoms with van der Waals surface area (Å²) in [6.07, 6.45) is -2.82. The Bertz CT molecular complexity index is 1000. The first-order valence-corrected chi connectivity index (χ1v) is 10.6. The van der Waals surface area contributed by atoms with E-state index in [2.05, 4.69) is 10.1 Å². The molecule has 0 aliphatic carbocycles. The molecule has 5 N–H and O–H groups in total. The van der Waals surface area contributed by atoms with Crippen molar-refractivity contribution in [2.45, 2.75) is 34.7 Å². The molecule has 0 radical (unpaired) electrons. The molecule has 3 unspecified atom stereocenters. The maximum atomic E-state index is 13.6. The van der Waals surface area contributed by atoms with Crippen LogP contribution in [0.25, 0.3) is 0 Å². The fourth-order valence-corrected chi connectivity index (χ4v) is 4.23. The first kappa shape index (κ1) is 25.0. The van der Waals surface area contributed by atoms with Gasteiger partial charge in [0, 0.05) is 16.7 Å². The molecular formula is C21H22F3N3O5S. The summed E-state index contributed by atoms with van der Waals surface area (Å²) in [5.41, 5.74) is -1.34. The lowest BCUT2D eigenvalue weighted by Gasteiger charge is -2.40. The number of benzene rings is 2. The molecule has 1 fully saturated rings. The average Bonchev–Trinajstić information content (AvgIpc) is 2.81. The number of halogens is 3. The third-order valence-corrected chi connectivity index (χ3v) is 6.11. The maximum absolute atomic E-state index is 13.6. The molecule has 12 heteroatoms. The number of aliphatic hydroxyl groups excluding tert-OH is 3. The second-order valence-corrected chi connectivity index (χ2v) is 8.21. The second kappa shape index (κ2) is 11.0. The third kappa shape index (κ3) is 5.65. The second-order valence-electron chi connectivity index (χ2n) is 7.04. The largest absolute Gasteiger partial charge is 0.497 e.